The third kappa shape index (κ3) is 4.83. The van der Waals surface area contributed by atoms with Crippen molar-refractivity contribution in [3.05, 3.63) is 51.7 Å². The fraction of sp³-hybridized carbons (Fsp3) is 0.188. The highest BCUT2D eigenvalue weighted by Gasteiger charge is 2.18. The topological polar surface area (TPSA) is 84.5 Å². The molecule has 1 aromatic carbocycles. The van der Waals surface area contributed by atoms with Crippen LogP contribution in [0.15, 0.2) is 29.6 Å². The van der Waals surface area contributed by atoms with Gasteiger partial charge in [-0.2, -0.15) is 0 Å². The van der Waals surface area contributed by atoms with E-state index < -0.39 is 29.1 Å². The number of methoxy groups -OCH3 is 1. The second-order valence-electron chi connectivity index (χ2n) is 4.83. The van der Waals surface area contributed by atoms with E-state index in [-0.39, 0.29) is 24.6 Å². The van der Waals surface area contributed by atoms with Crippen LogP contribution in [0, 0.1) is 11.6 Å². The average Bonchev–Trinajstić information content (AvgIpc) is 3.11. The normalized spacial score (nSPS) is 10.2. The van der Waals surface area contributed by atoms with Gasteiger partial charge in [-0.15, -0.1) is 11.3 Å². The molecule has 0 saturated carbocycles. The second kappa shape index (κ2) is 8.34. The Kier molecular flexibility index (Phi) is 6.18. The number of anilines is 1. The van der Waals surface area contributed by atoms with Crippen molar-refractivity contribution in [3.63, 3.8) is 0 Å². The van der Waals surface area contributed by atoms with Crippen LogP contribution in [0.2, 0.25) is 0 Å². The summed E-state index contributed by atoms with van der Waals surface area (Å²) in [6.07, 6.45) is -0.124. The minimum Gasteiger partial charge on any atom is -0.465 e. The Bertz CT molecular complexity index is 794. The van der Waals surface area contributed by atoms with E-state index in [1.165, 1.54) is 11.3 Å². The standard InChI is InChI=1S/C16H14F2N2O4S/c1-24-16(23)9-7-12(11(18)8-10(9)17)20-14(21)4-5-19-15(22)13-3-2-6-25-13/h2-3,6-8H,4-5H2,1H3,(H,19,22)(H,20,21). The van der Waals surface area contributed by atoms with Crippen LogP contribution in [-0.2, 0) is 9.53 Å². The van der Waals surface area contributed by atoms with E-state index in [0.29, 0.717) is 10.9 Å². The van der Waals surface area contributed by atoms with E-state index in [1.54, 1.807) is 17.5 Å². The Hall–Kier alpha value is -2.81. The van der Waals surface area contributed by atoms with E-state index in [9.17, 15) is 23.2 Å². The van der Waals surface area contributed by atoms with Gasteiger partial charge in [0.1, 0.15) is 11.6 Å². The van der Waals surface area contributed by atoms with Gasteiger partial charge in [-0.3, -0.25) is 9.59 Å². The first kappa shape index (κ1) is 18.5. The first-order chi connectivity index (χ1) is 11.9. The molecular weight excluding hydrogens is 354 g/mol. The second-order valence-corrected chi connectivity index (χ2v) is 5.78. The van der Waals surface area contributed by atoms with Gasteiger partial charge in [0.15, 0.2) is 0 Å². The van der Waals surface area contributed by atoms with Gasteiger partial charge in [-0.05, 0) is 17.5 Å². The first-order valence-corrected chi connectivity index (χ1v) is 7.99. The van der Waals surface area contributed by atoms with Crippen molar-refractivity contribution in [1.82, 2.24) is 5.32 Å². The maximum absolute atomic E-state index is 13.7. The number of amides is 2. The van der Waals surface area contributed by atoms with Crippen LogP contribution < -0.4 is 10.6 Å². The fourth-order valence-corrected chi connectivity index (χ4v) is 2.55. The number of benzene rings is 1. The number of hydrogen-bond acceptors (Lipinski definition) is 5. The van der Waals surface area contributed by atoms with Crippen molar-refractivity contribution in [3.8, 4) is 0 Å². The summed E-state index contributed by atoms with van der Waals surface area (Å²) in [6.45, 7) is 0.0369. The van der Waals surface area contributed by atoms with Gasteiger partial charge in [0.25, 0.3) is 5.91 Å². The summed E-state index contributed by atoms with van der Waals surface area (Å²) in [5.41, 5.74) is -0.846. The highest BCUT2D eigenvalue weighted by molar-refractivity contribution is 7.12. The van der Waals surface area contributed by atoms with Gasteiger partial charge >= 0.3 is 5.97 Å². The minimum absolute atomic E-state index is 0.0369. The number of ether oxygens (including phenoxy) is 1. The lowest BCUT2D eigenvalue weighted by Crippen LogP contribution is -2.27. The molecule has 2 N–H and O–H groups in total. The van der Waals surface area contributed by atoms with Crippen LogP contribution in [0.5, 0.6) is 0 Å². The molecule has 6 nitrogen and oxygen atoms in total. The Balaban J connectivity index is 1.94. The molecule has 0 aliphatic carbocycles. The Morgan fingerprint density at radius 1 is 1.20 bits per heavy atom. The number of esters is 1. The lowest BCUT2D eigenvalue weighted by atomic mass is 10.1. The predicted molar refractivity (Wildman–Crippen MR) is 87.6 cm³/mol. The number of hydrogen-bond donors (Lipinski definition) is 2. The quantitative estimate of drug-likeness (QED) is 0.768. The van der Waals surface area contributed by atoms with E-state index >= 15 is 0 Å². The average molecular weight is 368 g/mol. The molecule has 0 saturated heterocycles. The minimum atomic E-state index is -1.09. The molecule has 0 atom stereocenters. The van der Waals surface area contributed by atoms with Crippen LogP contribution >= 0.6 is 11.3 Å². The van der Waals surface area contributed by atoms with Gasteiger partial charge in [0.2, 0.25) is 5.91 Å². The lowest BCUT2D eigenvalue weighted by Gasteiger charge is -2.09. The molecule has 1 heterocycles. The molecule has 132 valence electrons. The maximum atomic E-state index is 13.7. The monoisotopic (exact) mass is 368 g/mol. The molecule has 2 aromatic rings. The molecule has 25 heavy (non-hydrogen) atoms. The van der Waals surface area contributed by atoms with Crippen molar-refractivity contribution >= 4 is 34.8 Å². The number of carbonyl (C=O) groups excluding carboxylic acids is 3. The molecule has 0 bridgehead atoms. The summed E-state index contributed by atoms with van der Waals surface area (Å²) in [7, 11) is 1.06. The Morgan fingerprint density at radius 2 is 1.96 bits per heavy atom. The molecular formula is C16H14F2N2O4S. The van der Waals surface area contributed by atoms with Crippen LogP contribution in [0.25, 0.3) is 0 Å². The number of nitrogens with one attached hydrogen (secondary N) is 2. The molecule has 0 radical (unpaired) electrons. The van der Waals surface area contributed by atoms with Crippen LogP contribution in [0.4, 0.5) is 14.5 Å². The van der Waals surface area contributed by atoms with Gasteiger partial charge in [-0.25, -0.2) is 13.6 Å². The van der Waals surface area contributed by atoms with Crippen molar-refractivity contribution in [2.75, 3.05) is 19.0 Å². The van der Waals surface area contributed by atoms with E-state index in [0.717, 1.165) is 13.2 Å². The predicted octanol–water partition coefficient (Wildman–Crippen LogP) is 2.57. The summed E-state index contributed by atoms with van der Waals surface area (Å²) in [5.74, 6) is -4.03. The van der Waals surface area contributed by atoms with E-state index in [4.69, 9.17) is 0 Å². The third-order valence-corrected chi connectivity index (χ3v) is 3.99. The fourth-order valence-electron chi connectivity index (χ4n) is 1.91. The molecule has 0 aliphatic rings. The molecule has 9 heteroatoms. The highest BCUT2D eigenvalue weighted by atomic mass is 32.1. The Morgan fingerprint density at radius 3 is 2.60 bits per heavy atom. The van der Waals surface area contributed by atoms with Gasteiger partial charge in [0.05, 0.1) is 23.2 Å². The van der Waals surface area contributed by atoms with Crippen LogP contribution in [0.3, 0.4) is 0 Å². The van der Waals surface area contributed by atoms with Crippen molar-refractivity contribution in [2.45, 2.75) is 6.42 Å². The molecule has 0 fully saturated rings. The third-order valence-electron chi connectivity index (χ3n) is 3.12. The molecule has 0 aliphatic heterocycles. The van der Waals surface area contributed by atoms with E-state index in [2.05, 4.69) is 15.4 Å². The van der Waals surface area contributed by atoms with Crippen LogP contribution in [0.1, 0.15) is 26.5 Å². The maximum Gasteiger partial charge on any atom is 0.340 e. The Labute approximate surface area is 145 Å². The summed E-state index contributed by atoms with van der Waals surface area (Å²) in [4.78, 5) is 35.4. The smallest absolute Gasteiger partial charge is 0.340 e. The largest absolute Gasteiger partial charge is 0.465 e. The summed E-state index contributed by atoms with van der Waals surface area (Å²) < 4.78 is 31.6. The summed E-state index contributed by atoms with van der Waals surface area (Å²) in [5, 5.41) is 6.52. The number of halogens is 2. The summed E-state index contributed by atoms with van der Waals surface area (Å²) >= 11 is 1.26. The molecule has 2 amide bonds. The zero-order valence-corrected chi connectivity index (χ0v) is 13.9. The van der Waals surface area contributed by atoms with Crippen molar-refractivity contribution in [2.24, 2.45) is 0 Å². The number of carbonyl (C=O) groups is 3. The summed E-state index contributed by atoms with van der Waals surface area (Å²) in [6, 6.07) is 4.71. The van der Waals surface area contributed by atoms with E-state index in [1.807, 2.05) is 0 Å². The lowest BCUT2D eigenvalue weighted by molar-refractivity contribution is -0.116. The highest BCUT2D eigenvalue weighted by Crippen LogP contribution is 2.20. The zero-order chi connectivity index (χ0) is 18.4. The van der Waals surface area contributed by atoms with Gasteiger partial charge in [-0.1, -0.05) is 6.07 Å². The molecule has 1 aromatic heterocycles. The van der Waals surface area contributed by atoms with Gasteiger partial charge in [0, 0.05) is 19.0 Å². The number of thiophene rings is 1. The zero-order valence-electron chi connectivity index (χ0n) is 13.1. The van der Waals surface area contributed by atoms with Gasteiger partial charge < -0.3 is 15.4 Å². The molecule has 0 spiro atoms. The molecule has 0 unspecified atom stereocenters. The SMILES string of the molecule is COC(=O)c1cc(NC(=O)CCNC(=O)c2cccs2)c(F)cc1F. The van der Waals surface area contributed by atoms with Crippen molar-refractivity contribution < 1.29 is 27.9 Å². The number of rotatable bonds is 6. The first-order valence-electron chi connectivity index (χ1n) is 7.11. The molecule has 2 rings (SSSR count). The van der Waals surface area contributed by atoms with Crippen LogP contribution in [-0.4, -0.2) is 31.4 Å². The van der Waals surface area contributed by atoms with Crippen molar-refractivity contribution in [1.29, 1.82) is 0 Å².